The van der Waals surface area contributed by atoms with E-state index in [0.29, 0.717) is 0 Å². The third-order valence-corrected chi connectivity index (χ3v) is 10.1. The van der Waals surface area contributed by atoms with Crippen molar-refractivity contribution in [2.24, 2.45) is 0 Å². The fourth-order valence-corrected chi connectivity index (χ4v) is 3.89. The third-order valence-electron chi connectivity index (χ3n) is 5.04. The summed E-state index contributed by atoms with van der Waals surface area (Å²) in [5.74, 6) is -0.359. The van der Waals surface area contributed by atoms with Crippen molar-refractivity contribution in [3.8, 4) is 0 Å². The molecule has 0 unspecified atom stereocenters. The first-order valence-electron chi connectivity index (χ1n) is 9.92. The molecule has 0 heterocycles. The number of rotatable bonds is 12. The van der Waals surface area contributed by atoms with E-state index in [9.17, 15) is 0 Å². The minimum absolute atomic E-state index is 0.194. The van der Waals surface area contributed by atoms with Crippen molar-refractivity contribution in [2.45, 2.75) is 101 Å². The van der Waals surface area contributed by atoms with Crippen molar-refractivity contribution in [3.05, 3.63) is 12.2 Å². The van der Waals surface area contributed by atoms with Gasteiger partial charge in [-0.05, 0) is 31.0 Å². The third kappa shape index (κ3) is 12.4. The minimum atomic E-state index is -1.81. The van der Waals surface area contributed by atoms with Gasteiger partial charge in [0.15, 0.2) is 8.32 Å². The van der Waals surface area contributed by atoms with Gasteiger partial charge in [0.05, 0.1) is 0 Å². The molecule has 0 radical (unpaired) electrons. The molecule has 0 saturated carbocycles. The molecule has 160 valence electrons. The molecule has 0 aliphatic rings. The molecule has 0 amide bonds. The quantitative estimate of drug-likeness (QED) is 0.0802. The second-order valence-electron chi connectivity index (χ2n) is 8.55. The molecule has 0 rings (SSSR count). The Morgan fingerprint density at radius 3 is 2.15 bits per heavy atom. The van der Waals surface area contributed by atoms with E-state index < -0.39 is 12.1 Å². The Hall–Kier alpha value is 0.257. The second-order valence-corrected chi connectivity index (χ2v) is 15.6. The highest BCUT2D eigenvalue weighted by Crippen LogP contribution is 2.38. The molecule has 1 N–H and O–H groups in total. The van der Waals surface area contributed by atoms with Gasteiger partial charge >= 0.3 is 0 Å². The van der Waals surface area contributed by atoms with Crippen LogP contribution in [0.15, 0.2) is 12.2 Å². The molecule has 0 aliphatic carbocycles. The molecule has 0 fully saturated rings. The maximum absolute atomic E-state index is 7.52. The average molecular weight is 459 g/mol. The Labute approximate surface area is 182 Å². The van der Waals surface area contributed by atoms with Crippen LogP contribution in [0.2, 0.25) is 18.1 Å². The maximum Gasteiger partial charge on any atom is 0.265 e. The Morgan fingerprint density at radius 2 is 1.63 bits per heavy atom. The van der Waals surface area contributed by atoms with Gasteiger partial charge in [0.2, 0.25) is 5.90 Å². The number of halogens is 3. The molecule has 27 heavy (non-hydrogen) atoms. The van der Waals surface area contributed by atoms with Gasteiger partial charge in [-0.25, -0.2) is 0 Å². The molecular weight excluding hydrogens is 421 g/mol. The lowest BCUT2D eigenvalue weighted by Gasteiger charge is -2.39. The summed E-state index contributed by atoms with van der Waals surface area (Å²) in [6.07, 6.45) is 12.4. The van der Waals surface area contributed by atoms with Gasteiger partial charge in [-0.15, -0.1) is 0 Å². The Balaban J connectivity index is 4.61. The van der Waals surface area contributed by atoms with Gasteiger partial charge in [0, 0.05) is 6.10 Å². The number of hydrogen-bond donors (Lipinski definition) is 1. The summed E-state index contributed by atoms with van der Waals surface area (Å²) < 4.78 is 9.96. The van der Waals surface area contributed by atoms with Gasteiger partial charge in [-0.1, -0.05) is 107 Å². The van der Waals surface area contributed by atoms with E-state index in [1.165, 1.54) is 32.1 Å². The van der Waals surface area contributed by atoms with Crippen molar-refractivity contribution in [3.63, 3.8) is 0 Å². The van der Waals surface area contributed by atoms with Crippen LogP contribution in [-0.2, 0) is 9.16 Å². The van der Waals surface area contributed by atoms with Crippen LogP contribution in [0.4, 0.5) is 0 Å². The van der Waals surface area contributed by atoms with Crippen LogP contribution in [0.5, 0.6) is 0 Å². The Morgan fingerprint density at radius 1 is 1.04 bits per heavy atom. The van der Waals surface area contributed by atoms with Crippen molar-refractivity contribution in [1.82, 2.24) is 0 Å². The van der Waals surface area contributed by atoms with E-state index in [1.54, 1.807) is 0 Å². The van der Waals surface area contributed by atoms with Gasteiger partial charge in [-0.3, -0.25) is 5.41 Å². The lowest BCUT2D eigenvalue weighted by molar-refractivity contribution is 0.169. The van der Waals surface area contributed by atoms with Gasteiger partial charge in [-0.2, -0.15) is 0 Å². The zero-order valence-corrected chi connectivity index (χ0v) is 21.1. The summed E-state index contributed by atoms with van der Waals surface area (Å²) in [5.41, 5.74) is 0. The molecule has 0 aromatic carbocycles. The Kier molecular flexibility index (Phi) is 12.9. The van der Waals surface area contributed by atoms with Crippen LogP contribution in [0.1, 0.15) is 72.6 Å². The first-order valence-corrected chi connectivity index (χ1v) is 14.0. The highest BCUT2D eigenvalue weighted by Gasteiger charge is 2.38. The molecule has 0 bridgehead atoms. The lowest BCUT2D eigenvalue weighted by atomic mass is 10.1. The van der Waals surface area contributed by atoms with Crippen molar-refractivity contribution >= 4 is 49.0 Å². The number of nitrogens with one attached hydrogen (secondary N) is 1. The van der Waals surface area contributed by atoms with Gasteiger partial charge in [0.1, 0.15) is 6.61 Å². The summed E-state index contributed by atoms with van der Waals surface area (Å²) in [5, 5.41) is 7.72. The van der Waals surface area contributed by atoms with Gasteiger partial charge < -0.3 is 9.16 Å². The van der Waals surface area contributed by atoms with Crippen LogP contribution in [0.3, 0.4) is 0 Å². The van der Waals surface area contributed by atoms with Crippen LogP contribution in [0.25, 0.3) is 0 Å². The molecule has 0 aromatic heterocycles. The largest absolute Gasteiger partial charge is 0.474 e. The SMILES string of the molecule is CCCCCCC[C@H](C/C=C\COC(=N)C(Cl)(Cl)Cl)O[Si](C)(C)C(C)(C)C. The molecule has 1 atom stereocenters. The van der Waals surface area contributed by atoms with Crippen LogP contribution in [-0.4, -0.2) is 30.7 Å². The molecular formula is C20H38Cl3NO2Si. The van der Waals surface area contributed by atoms with E-state index >= 15 is 0 Å². The number of hydrogen-bond acceptors (Lipinski definition) is 3. The second kappa shape index (κ2) is 12.7. The number of ether oxygens (including phenoxy) is 1. The summed E-state index contributed by atoms with van der Waals surface area (Å²) in [4.78, 5) is 0. The smallest absolute Gasteiger partial charge is 0.265 e. The van der Waals surface area contributed by atoms with Gasteiger partial charge in [0.25, 0.3) is 3.79 Å². The fraction of sp³-hybridized carbons (Fsp3) is 0.850. The van der Waals surface area contributed by atoms with Crippen molar-refractivity contribution < 1.29 is 9.16 Å². The zero-order valence-electron chi connectivity index (χ0n) is 17.8. The van der Waals surface area contributed by atoms with Crippen molar-refractivity contribution in [1.29, 1.82) is 5.41 Å². The van der Waals surface area contributed by atoms with Crippen LogP contribution in [0, 0.1) is 5.41 Å². The average Bonchev–Trinajstić information content (AvgIpc) is 2.51. The predicted molar refractivity (Wildman–Crippen MR) is 123 cm³/mol. The number of unbranched alkanes of at least 4 members (excludes halogenated alkanes) is 4. The predicted octanol–water partition coefficient (Wildman–Crippen LogP) is 8.05. The minimum Gasteiger partial charge on any atom is -0.474 e. The van der Waals surface area contributed by atoms with E-state index in [4.69, 9.17) is 49.4 Å². The molecule has 0 aromatic rings. The summed E-state index contributed by atoms with van der Waals surface area (Å²) in [6.45, 7) is 13.9. The molecule has 0 aliphatic heterocycles. The molecule has 0 saturated heterocycles. The summed E-state index contributed by atoms with van der Waals surface area (Å²) in [7, 11) is -1.81. The normalized spacial score (nSPS) is 14.6. The van der Waals surface area contributed by atoms with Crippen molar-refractivity contribution in [2.75, 3.05) is 6.61 Å². The molecule has 0 spiro atoms. The zero-order chi connectivity index (χ0) is 21.1. The highest BCUT2D eigenvalue weighted by molar-refractivity contribution is 6.76. The topological polar surface area (TPSA) is 42.3 Å². The highest BCUT2D eigenvalue weighted by atomic mass is 35.6. The standard InChI is InChI=1S/C20H38Cl3NO2Si/c1-7-8-9-10-11-14-17(26-27(5,6)19(2,3)4)15-12-13-16-25-18(24)20(21,22)23/h12-13,17,24H,7-11,14-16H2,1-6H3/b13-12-,24-18?/t17-/m1/s1. The van der Waals surface area contributed by atoms with E-state index in [2.05, 4.69) is 46.9 Å². The van der Waals surface area contributed by atoms with Crippen LogP contribution >= 0.6 is 34.8 Å². The van der Waals surface area contributed by atoms with E-state index in [-0.39, 0.29) is 23.6 Å². The van der Waals surface area contributed by atoms with Crippen LogP contribution < -0.4 is 0 Å². The van der Waals surface area contributed by atoms with E-state index in [0.717, 1.165) is 12.8 Å². The molecule has 7 heteroatoms. The summed E-state index contributed by atoms with van der Waals surface area (Å²) in [6, 6.07) is 0. The fourth-order valence-electron chi connectivity index (χ4n) is 2.32. The monoisotopic (exact) mass is 457 g/mol. The lowest BCUT2D eigenvalue weighted by Crippen LogP contribution is -2.43. The summed E-state index contributed by atoms with van der Waals surface area (Å²) >= 11 is 16.8. The van der Waals surface area contributed by atoms with E-state index in [1.807, 2.05) is 6.08 Å². The Bertz CT molecular complexity index is 457. The first-order chi connectivity index (χ1) is 12.3. The molecule has 3 nitrogen and oxygen atoms in total. The first kappa shape index (κ1) is 27.3. The maximum atomic E-state index is 7.52. The number of alkyl halides is 3.